The monoisotopic (exact) mass is 215 g/mol. The van der Waals surface area contributed by atoms with Crippen LogP contribution in [0.2, 0.25) is 0 Å². The lowest BCUT2D eigenvalue weighted by atomic mass is 9.85. The van der Waals surface area contributed by atoms with Crippen LogP contribution in [0.5, 0.6) is 0 Å². The molecule has 0 bridgehead atoms. The van der Waals surface area contributed by atoms with Crippen LogP contribution in [0.1, 0.15) is 20.8 Å². The quantitative estimate of drug-likeness (QED) is 0.662. The Morgan fingerprint density at radius 2 is 2.13 bits per heavy atom. The molecule has 0 aromatic rings. The molecule has 5 heteroatoms. The van der Waals surface area contributed by atoms with Crippen molar-refractivity contribution < 1.29 is 19.4 Å². The summed E-state index contributed by atoms with van der Waals surface area (Å²) in [6.45, 7) is 6.27. The van der Waals surface area contributed by atoms with Gasteiger partial charge in [0.05, 0.1) is 19.2 Å². The average molecular weight is 215 g/mol. The first-order valence-corrected chi connectivity index (χ1v) is 4.92. The topological polar surface area (TPSA) is 66.8 Å². The van der Waals surface area contributed by atoms with Crippen LogP contribution in [0.15, 0.2) is 0 Å². The molecule has 86 valence electrons. The van der Waals surface area contributed by atoms with E-state index in [0.29, 0.717) is 6.29 Å². The van der Waals surface area contributed by atoms with E-state index in [1.54, 1.807) is 0 Å². The van der Waals surface area contributed by atoms with E-state index in [2.05, 4.69) is 0 Å². The van der Waals surface area contributed by atoms with Crippen LogP contribution < -0.4 is 0 Å². The van der Waals surface area contributed by atoms with Crippen LogP contribution in [0.3, 0.4) is 0 Å². The van der Waals surface area contributed by atoms with Crippen molar-refractivity contribution in [3.63, 3.8) is 0 Å². The molecule has 5 nitrogen and oxygen atoms in total. The molecular weight excluding hydrogens is 198 g/mol. The number of nitrogens with zero attached hydrogens (tertiary/aromatic N) is 1. The highest BCUT2D eigenvalue weighted by molar-refractivity contribution is 5.67. The van der Waals surface area contributed by atoms with Gasteiger partial charge in [-0.25, -0.2) is 4.79 Å². The molecule has 1 N–H and O–H groups in total. The summed E-state index contributed by atoms with van der Waals surface area (Å²) < 4.78 is 5.27. The van der Waals surface area contributed by atoms with Crippen molar-refractivity contribution in [2.75, 3.05) is 13.2 Å². The molecule has 2 unspecified atom stereocenters. The van der Waals surface area contributed by atoms with Crippen LogP contribution in [-0.4, -0.2) is 47.7 Å². The van der Waals surface area contributed by atoms with Gasteiger partial charge in [0.1, 0.15) is 6.10 Å². The maximum Gasteiger partial charge on any atom is 0.407 e. The van der Waals surface area contributed by atoms with Crippen molar-refractivity contribution in [1.82, 2.24) is 4.90 Å². The van der Waals surface area contributed by atoms with Gasteiger partial charge < -0.3 is 14.6 Å². The zero-order valence-electron chi connectivity index (χ0n) is 9.27. The summed E-state index contributed by atoms with van der Waals surface area (Å²) in [7, 11) is 0. The van der Waals surface area contributed by atoms with Crippen LogP contribution in [0.25, 0.3) is 0 Å². The number of aldehydes is 1. The van der Waals surface area contributed by atoms with Gasteiger partial charge in [0.15, 0.2) is 6.29 Å². The smallest absolute Gasteiger partial charge is 0.407 e. The number of carboxylic acid groups (broad SMARTS) is 1. The maximum atomic E-state index is 11.0. The lowest BCUT2D eigenvalue weighted by Crippen LogP contribution is -2.57. The van der Waals surface area contributed by atoms with Crippen LogP contribution in [0.4, 0.5) is 4.79 Å². The number of carbonyl (C=O) groups is 2. The highest BCUT2D eigenvalue weighted by Gasteiger charge is 2.38. The molecule has 0 aromatic heterocycles. The van der Waals surface area contributed by atoms with E-state index < -0.39 is 12.2 Å². The number of carbonyl (C=O) groups excluding carboxylic acids is 1. The number of rotatable bonds is 1. The van der Waals surface area contributed by atoms with E-state index >= 15 is 0 Å². The van der Waals surface area contributed by atoms with E-state index in [1.807, 2.05) is 20.8 Å². The second kappa shape index (κ2) is 4.18. The Balaban J connectivity index is 2.81. The summed E-state index contributed by atoms with van der Waals surface area (Å²) in [5.74, 6) is 0. The molecule has 15 heavy (non-hydrogen) atoms. The minimum absolute atomic E-state index is 0.126. The fourth-order valence-corrected chi connectivity index (χ4v) is 1.69. The molecule has 0 aromatic carbocycles. The van der Waals surface area contributed by atoms with Crippen molar-refractivity contribution in [3.8, 4) is 0 Å². The van der Waals surface area contributed by atoms with Crippen molar-refractivity contribution in [2.45, 2.75) is 32.9 Å². The first-order valence-electron chi connectivity index (χ1n) is 4.92. The summed E-state index contributed by atoms with van der Waals surface area (Å²) in [5, 5.41) is 9.04. The SMILES string of the molecule is CC(C)(C)C1COC(C=O)CN1C(=O)O. The number of amides is 1. The van der Waals surface area contributed by atoms with E-state index in [0.717, 1.165) is 0 Å². The summed E-state index contributed by atoms with van der Waals surface area (Å²) >= 11 is 0. The lowest BCUT2D eigenvalue weighted by molar-refractivity contribution is -0.129. The standard InChI is InChI=1S/C10H17NO4/c1-10(2,3)8-6-15-7(5-12)4-11(8)9(13)14/h5,7-8H,4,6H2,1-3H3,(H,13,14). The summed E-state index contributed by atoms with van der Waals surface area (Å²) in [6.07, 6.45) is -0.973. The van der Waals surface area contributed by atoms with Gasteiger partial charge in [-0.15, -0.1) is 0 Å². The fraction of sp³-hybridized carbons (Fsp3) is 0.800. The molecule has 1 fully saturated rings. The number of ether oxygens (including phenoxy) is 1. The Bertz CT molecular complexity index is 259. The third-order valence-electron chi connectivity index (χ3n) is 2.62. The van der Waals surface area contributed by atoms with Crippen LogP contribution >= 0.6 is 0 Å². The van der Waals surface area contributed by atoms with Crippen molar-refractivity contribution >= 4 is 12.4 Å². The number of morpholine rings is 1. The zero-order chi connectivity index (χ0) is 11.6. The summed E-state index contributed by atoms with van der Waals surface area (Å²) in [6, 6.07) is -0.203. The van der Waals surface area contributed by atoms with Crippen LogP contribution in [-0.2, 0) is 9.53 Å². The minimum atomic E-state index is -0.995. The minimum Gasteiger partial charge on any atom is -0.465 e. The molecule has 0 spiro atoms. The van der Waals surface area contributed by atoms with Crippen molar-refractivity contribution in [1.29, 1.82) is 0 Å². The zero-order valence-corrected chi connectivity index (χ0v) is 9.27. The Morgan fingerprint density at radius 3 is 2.53 bits per heavy atom. The second-order valence-corrected chi connectivity index (χ2v) is 4.82. The molecule has 1 heterocycles. The molecule has 0 radical (unpaired) electrons. The van der Waals surface area contributed by atoms with E-state index in [9.17, 15) is 9.59 Å². The third-order valence-corrected chi connectivity index (χ3v) is 2.62. The van der Waals surface area contributed by atoms with E-state index in [-0.39, 0.29) is 24.6 Å². The fourth-order valence-electron chi connectivity index (χ4n) is 1.69. The Hall–Kier alpha value is -1.10. The predicted octanol–water partition coefficient (Wildman–Crippen LogP) is 0.979. The molecule has 0 aliphatic carbocycles. The van der Waals surface area contributed by atoms with Crippen molar-refractivity contribution in [2.24, 2.45) is 5.41 Å². The van der Waals surface area contributed by atoms with Crippen LogP contribution in [0, 0.1) is 5.41 Å². The highest BCUT2D eigenvalue weighted by Crippen LogP contribution is 2.27. The Kier molecular flexibility index (Phi) is 3.34. The van der Waals surface area contributed by atoms with Gasteiger partial charge in [0.25, 0.3) is 0 Å². The molecule has 2 atom stereocenters. The van der Waals surface area contributed by atoms with Gasteiger partial charge >= 0.3 is 6.09 Å². The maximum absolute atomic E-state index is 11.0. The molecule has 1 aliphatic heterocycles. The third kappa shape index (κ3) is 2.68. The summed E-state index contributed by atoms with van der Waals surface area (Å²) in [4.78, 5) is 22.9. The Morgan fingerprint density at radius 1 is 1.53 bits per heavy atom. The van der Waals surface area contributed by atoms with Gasteiger partial charge in [0.2, 0.25) is 0 Å². The summed E-state index contributed by atoms with van der Waals surface area (Å²) in [5.41, 5.74) is -0.188. The number of hydrogen-bond acceptors (Lipinski definition) is 3. The molecule has 1 amide bonds. The molecule has 0 saturated carbocycles. The predicted molar refractivity (Wildman–Crippen MR) is 53.8 cm³/mol. The normalized spacial score (nSPS) is 27.5. The largest absolute Gasteiger partial charge is 0.465 e. The Labute approximate surface area is 89.0 Å². The molecule has 1 aliphatic rings. The van der Waals surface area contributed by atoms with Crippen molar-refractivity contribution in [3.05, 3.63) is 0 Å². The molecule has 1 saturated heterocycles. The van der Waals surface area contributed by atoms with Gasteiger partial charge in [-0.2, -0.15) is 0 Å². The second-order valence-electron chi connectivity index (χ2n) is 4.82. The first-order chi connectivity index (χ1) is 6.86. The van der Waals surface area contributed by atoms with E-state index in [4.69, 9.17) is 9.84 Å². The molecular formula is C10H17NO4. The van der Waals surface area contributed by atoms with Gasteiger partial charge in [-0.1, -0.05) is 20.8 Å². The lowest BCUT2D eigenvalue weighted by Gasteiger charge is -2.43. The highest BCUT2D eigenvalue weighted by atomic mass is 16.5. The van der Waals surface area contributed by atoms with Gasteiger partial charge in [-0.3, -0.25) is 4.90 Å². The molecule has 1 rings (SSSR count). The van der Waals surface area contributed by atoms with Gasteiger partial charge in [-0.05, 0) is 5.41 Å². The van der Waals surface area contributed by atoms with E-state index in [1.165, 1.54) is 4.90 Å². The average Bonchev–Trinajstić information content (AvgIpc) is 2.15. The van der Waals surface area contributed by atoms with Gasteiger partial charge in [0, 0.05) is 0 Å². The first kappa shape index (κ1) is 12.0. The number of hydrogen-bond donors (Lipinski definition) is 1.